The first kappa shape index (κ1) is 20.0. The summed E-state index contributed by atoms with van der Waals surface area (Å²) in [5.74, 6) is 6.41. The quantitative estimate of drug-likeness (QED) is 0.515. The molecule has 0 radical (unpaired) electrons. The number of rotatable bonds is 5. The summed E-state index contributed by atoms with van der Waals surface area (Å²) < 4.78 is 0. The minimum Gasteiger partial charge on any atom is -0.393 e. The van der Waals surface area contributed by atoms with Crippen molar-refractivity contribution < 1.29 is 5.11 Å². The first-order valence-electron chi connectivity index (χ1n) is 12.3. The van der Waals surface area contributed by atoms with E-state index in [9.17, 15) is 5.11 Å². The Bertz CT molecular complexity index is 548. The highest BCUT2D eigenvalue weighted by molar-refractivity contribution is 5.20. The zero-order chi connectivity index (χ0) is 19.2. The first-order chi connectivity index (χ1) is 12.9. The summed E-state index contributed by atoms with van der Waals surface area (Å²) in [7, 11) is 0. The van der Waals surface area contributed by atoms with Crippen LogP contribution in [0.25, 0.3) is 0 Å². The molecule has 4 rings (SSSR count). The second kappa shape index (κ2) is 7.85. The molecule has 0 aliphatic heterocycles. The first-order valence-corrected chi connectivity index (χ1v) is 12.3. The van der Waals surface area contributed by atoms with E-state index in [1.54, 1.807) is 5.57 Å². The molecule has 154 valence electrons. The molecule has 4 aliphatic rings. The second-order valence-corrected chi connectivity index (χ2v) is 11.5. The van der Waals surface area contributed by atoms with E-state index >= 15 is 0 Å². The summed E-state index contributed by atoms with van der Waals surface area (Å²) in [6.45, 7) is 10.0. The fraction of sp³-hybridized carbons (Fsp3) is 0.923. The van der Waals surface area contributed by atoms with E-state index in [0.717, 1.165) is 54.3 Å². The zero-order valence-corrected chi connectivity index (χ0v) is 18.4. The van der Waals surface area contributed by atoms with Crippen LogP contribution in [-0.2, 0) is 0 Å². The predicted molar refractivity (Wildman–Crippen MR) is 114 cm³/mol. The zero-order valence-electron chi connectivity index (χ0n) is 18.4. The third-order valence-electron chi connectivity index (χ3n) is 9.62. The van der Waals surface area contributed by atoms with E-state index < -0.39 is 0 Å². The molecular weight excluding hydrogens is 328 g/mol. The molecule has 1 nitrogen and oxygen atoms in total. The summed E-state index contributed by atoms with van der Waals surface area (Å²) in [5, 5.41) is 10.1. The summed E-state index contributed by atoms with van der Waals surface area (Å²) in [6, 6.07) is 0. The number of hydrogen-bond acceptors (Lipinski definition) is 1. The molecule has 0 aromatic carbocycles. The average Bonchev–Trinajstić information content (AvgIpc) is 2.98. The van der Waals surface area contributed by atoms with Crippen LogP contribution in [-0.4, -0.2) is 11.2 Å². The summed E-state index contributed by atoms with van der Waals surface area (Å²) in [4.78, 5) is 0. The van der Waals surface area contributed by atoms with Gasteiger partial charge in [0.2, 0.25) is 0 Å². The molecule has 7 unspecified atom stereocenters. The normalized spacial score (nSPS) is 45.0. The van der Waals surface area contributed by atoms with Gasteiger partial charge in [-0.3, -0.25) is 0 Å². The fourth-order valence-corrected chi connectivity index (χ4v) is 8.27. The molecule has 0 spiro atoms. The van der Waals surface area contributed by atoms with E-state index in [1.807, 2.05) is 0 Å². The van der Waals surface area contributed by atoms with Crippen molar-refractivity contribution in [2.24, 2.45) is 46.8 Å². The Morgan fingerprint density at radius 2 is 1.85 bits per heavy atom. The Kier molecular flexibility index (Phi) is 5.81. The Labute approximate surface area is 168 Å². The molecule has 3 saturated carbocycles. The van der Waals surface area contributed by atoms with Crippen molar-refractivity contribution in [3.05, 3.63) is 11.6 Å². The molecule has 0 bridgehead atoms. The number of fused-ring (bicyclic) bond motifs is 5. The maximum Gasteiger partial charge on any atom is 0.0577 e. The van der Waals surface area contributed by atoms with Gasteiger partial charge in [-0.15, -0.1) is 0 Å². The molecule has 8 atom stereocenters. The molecule has 0 saturated heterocycles. The SMILES string of the molecule is CC(C)CCC[C@@H](C)C1CCC2C3CC=C4CC(O)CCC4C3CCC21C. The largest absolute Gasteiger partial charge is 0.393 e. The van der Waals surface area contributed by atoms with Crippen molar-refractivity contribution in [3.8, 4) is 0 Å². The van der Waals surface area contributed by atoms with Crippen molar-refractivity contribution in [2.45, 2.75) is 104 Å². The molecule has 0 heterocycles. The monoisotopic (exact) mass is 372 g/mol. The molecule has 0 aromatic rings. The topological polar surface area (TPSA) is 20.2 Å². The van der Waals surface area contributed by atoms with Crippen LogP contribution in [0.2, 0.25) is 0 Å². The highest BCUT2D eigenvalue weighted by Gasteiger charge is 2.56. The maximum atomic E-state index is 10.1. The minimum atomic E-state index is -0.0551. The van der Waals surface area contributed by atoms with Crippen molar-refractivity contribution >= 4 is 0 Å². The second-order valence-electron chi connectivity index (χ2n) is 11.5. The molecular formula is C26H44O. The van der Waals surface area contributed by atoms with Crippen molar-refractivity contribution in [1.29, 1.82) is 0 Å². The summed E-state index contributed by atoms with van der Waals surface area (Å²) >= 11 is 0. The number of aliphatic hydroxyl groups excluding tert-OH is 1. The van der Waals surface area contributed by atoms with E-state index in [1.165, 1.54) is 57.8 Å². The van der Waals surface area contributed by atoms with Crippen molar-refractivity contribution in [2.75, 3.05) is 0 Å². The van der Waals surface area contributed by atoms with E-state index in [-0.39, 0.29) is 6.10 Å². The molecule has 4 aliphatic carbocycles. The lowest BCUT2D eigenvalue weighted by atomic mass is 9.51. The molecule has 3 fully saturated rings. The molecule has 1 heteroatoms. The van der Waals surface area contributed by atoms with Gasteiger partial charge in [0.05, 0.1) is 6.10 Å². The van der Waals surface area contributed by atoms with Gasteiger partial charge in [-0.2, -0.15) is 0 Å². The van der Waals surface area contributed by atoms with Crippen molar-refractivity contribution in [3.63, 3.8) is 0 Å². The number of aliphatic hydroxyl groups is 1. The van der Waals surface area contributed by atoms with Gasteiger partial charge in [0.15, 0.2) is 0 Å². The van der Waals surface area contributed by atoms with Gasteiger partial charge in [0.25, 0.3) is 0 Å². The van der Waals surface area contributed by atoms with Crippen LogP contribution in [0.5, 0.6) is 0 Å². The fourth-order valence-electron chi connectivity index (χ4n) is 8.27. The van der Waals surface area contributed by atoms with Crippen LogP contribution in [0.4, 0.5) is 0 Å². The lowest BCUT2D eigenvalue weighted by Crippen LogP contribution is -2.47. The van der Waals surface area contributed by atoms with Crippen LogP contribution in [0, 0.1) is 46.8 Å². The smallest absolute Gasteiger partial charge is 0.0577 e. The van der Waals surface area contributed by atoms with Gasteiger partial charge in [0.1, 0.15) is 0 Å². The Hall–Kier alpha value is -0.300. The molecule has 0 amide bonds. The molecule has 1 N–H and O–H groups in total. The van der Waals surface area contributed by atoms with Gasteiger partial charge in [-0.25, -0.2) is 0 Å². The van der Waals surface area contributed by atoms with Gasteiger partial charge in [-0.05, 0) is 98.2 Å². The van der Waals surface area contributed by atoms with Crippen LogP contribution < -0.4 is 0 Å². The van der Waals surface area contributed by atoms with Crippen LogP contribution in [0.3, 0.4) is 0 Å². The van der Waals surface area contributed by atoms with Crippen LogP contribution in [0.15, 0.2) is 11.6 Å². The van der Waals surface area contributed by atoms with Crippen LogP contribution in [0.1, 0.15) is 98.3 Å². The van der Waals surface area contributed by atoms with E-state index in [0.29, 0.717) is 5.41 Å². The summed E-state index contributed by atoms with van der Waals surface area (Å²) in [6.07, 6.45) is 17.3. The van der Waals surface area contributed by atoms with E-state index in [4.69, 9.17) is 0 Å². The number of hydrogen-bond donors (Lipinski definition) is 1. The summed E-state index contributed by atoms with van der Waals surface area (Å²) in [5.41, 5.74) is 2.24. The average molecular weight is 373 g/mol. The third-order valence-corrected chi connectivity index (χ3v) is 9.62. The highest BCUT2D eigenvalue weighted by Crippen LogP contribution is 2.64. The van der Waals surface area contributed by atoms with Crippen molar-refractivity contribution in [1.82, 2.24) is 0 Å². The van der Waals surface area contributed by atoms with Crippen LogP contribution >= 0.6 is 0 Å². The molecule has 0 aromatic heterocycles. The lowest BCUT2D eigenvalue weighted by molar-refractivity contribution is -0.0294. The van der Waals surface area contributed by atoms with Gasteiger partial charge < -0.3 is 5.11 Å². The highest BCUT2D eigenvalue weighted by atomic mass is 16.3. The number of allylic oxidation sites excluding steroid dienone is 1. The maximum absolute atomic E-state index is 10.1. The standard InChI is InChI=1S/C26H44O/c1-17(2)6-5-7-18(3)24-12-13-25-23-10-8-19-16-20(27)9-11-21(19)22(23)14-15-26(24,25)4/h8,17-18,20-25,27H,5-7,9-16H2,1-4H3/t18-,20?,21?,22?,23?,24?,25?,26?/m1/s1. The van der Waals surface area contributed by atoms with Gasteiger partial charge in [-0.1, -0.05) is 58.6 Å². The lowest BCUT2D eigenvalue weighted by Gasteiger charge is -2.54. The Balaban J connectivity index is 1.45. The van der Waals surface area contributed by atoms with Gasteiger partial charge in [0, 0.05) is 0 Å². The molecule has 27 heavy (non-hydrogen) atoms. The van der Waals surface area contributed by atoms with E-state index in [2.05, 4.69) is 33.8 Å². The Morgan fingerprint density at radius 3 is 2.63 bits per heavy atom. The van der Waals surface area contributed by atoms with Gasteiger partial charge >= 0.3 is 0 Å². The minimum absolute atomic E-state index is 0.0551. The predicted octanol–water partition coefficient (Wildman–Crippen LogP) is 7.00. The Morgan fingerprint density at radius 1 is 1.04 bits per heavy atom. The third kappa shape index (κ3) is 3.67.